The number of aromatic nitrogens is 4. The van der Waals surface area contributed by atoms with Crippen LogP contribution < -0.4 is 21.4 Å². The molecule has 4 aromatic rings. The summed E-state index contributed by atoms with van der Waals surface area (Å²) in [5, 5.41) is 12.2. The van der Waals surface area contributed by atoms with Crippen molar-refractivity contribution in [3.63, 3.8) is 0 Å². The molecule has 0 saturated carbocycles. The van der Waals surface area contributed by atoms with Crippen molar-refractivity contribution in [1.82, 2.24) is 19.1 Å². The van der Waals surface area contributed by atoms with Crippen molar-refractivity contribution in [3.8, 4) is 11.6 Å². The molecule has 0 aliphatic rings. The molecular formula is C25H22ClN5O5. The second-order valence-corrected chi connectivity index (χ2v) is 8.29. The maximum atomic E-state index is 13.0. The van der Waals surface area contributed by atoms with Gasteiger partial charge in [-0.15, -0.1) is 0 Å². The molecule has 0 spiro atoms. The summed E-state index contributed by atoms with van der Waals surface area (Å²) in [6.07, 6.45) is 1.18. The van der Waals surface area contributed by atoms with Gasteiger partial charge in [-0.2, -0.15) is 4.98 Å². The van der Waals surface area contributed by atoms with E-state index >= 15 is 0 Å². The number of rotatable bonds is 8. The van der Waals surface area contributed by atoms with Crippen molar-refractivity contribution in [1.29, 1.82) is 0 Å². The number of aryl methyl sites for hydroxylation is 1. The average Bonchev–Trinajstić information content (AvgIpc) is 2.85. The van der Waals surface area contributed by atoms with Gasteiger partial charge >= 0.3 is 17.3 Å². The summed E-state index contributed by atoms with van der Waals surface area (Å²) in [7, 11) is 0. The van der Waals surface area contributed by atoms with E-state index in [9.17, 15) is 14.4 Å². The average molecular weight is 508 g/mol. The molecule has 0 fully saturated rings. The van der Waals surface area contributed by atoms with Crippen molar-refractivity contribution >= 4 is 29.2 Å². The van der Waals surface area contributed by atoms with Crippen LogP contribution in [0.3, 0.4) is 0 Å². The van der Waals surface area contributed by atoms with Gasteiger partial charge < -0.3 is 15.2 Å². The quantitative estimate of drug-likeness (QED) is 0.365. The van der Waals surface area contributed by atoms with E-state index in [0.29, 0.717) is 5.69 Å². The second-order valence-electron chi connectivity index (χ2n) is 7.88. The molecule has 0 radical (unpaired) electrons. The topological polar surface area (TPSA) is 128 Å². The number of aromatic carboxylic acids is 1. The number of benzene rings is 2. The fraction of sp³-hybridized carbons (Fsp3) is 0.160. The van der Waals surface area contributed by atoms with E-state index in [-0.39, 0.29) is 41.3 Å². The summed E-state index contributed by atoms with van der Waals surface area (Å²) in [6, 6.07) is 15.3. The van der Waals surface area contributed by atoms with Crippen LogP contribution in [-0.2, 0) is 13.1 Å². The molecule has 2 aromatic heterocycles. The summed E-state index contributed by atoms with van der Waals surface area (Å²) >= 11 is 6.38. The van der Waals surface area contributed by atoms with E-state index in [2.05, 4.69) is 15.3 Å². The standard InChI is InChI=1S/C25H22ClN5O5/c1-3-30-24(34)29-23(31(25(30)35)14-16-6-4-15(2)5-7-16)28-18-9-10-20(19(26)12-18)36-21-11-8-17(13-27-21)22(32)33/h4-13H,3,14H2,1-2H3,(H,32,33)(H,28,29,34). The first-order chi connectivity index (χ1) is 17.2. The normalized spacial score (nSPS) is 10.8. The molecular weight excluding hydrogens is 486 g/mol. The van der Waals surface area contributed by atoms with E-state index in [1.807, 2.05) is 31.2 Å². The summed E-state index contributed by atoms with van der Waals surface area (Å²) in [4.78, 5) is 44.5. The third kappa shape index (κ3) is 5.44. The summed E-state index contributed by atoms with van der Waals surface area (Å²) in [5.74, 6) is -0.571. The summed E-state index contributed by atoms with van der Waals surface area (Å²) in [5.41, 5.74) is 1.32. The molecule has 10 nitrogen and oxygen atoms in total. The Hall–Kier alpha value is -4.44. The predicted octanol–water partition coefficient (Wildman–Crippen LogP) is 4.06. The number of carboxylic acids is 1. The highest BCUT2D eigenvalue weighted by atomic mass is 35.5. The Bertz CT molecular complexity index is 1530. The number of carbonyl (C=O) groups is 1. The Morgan fingerprint density at radius 2 is 1.83 bits per heavy atom. The van der Waals surface area contributed by atoms with Gasteiger partial charge in [0.2, 0.25) is 11.8 Å². The zero-order valence-corrected chi connectivity index (χ0v) is 20.2. The molecule has 11 heteroatoms. The highest BCUT2D eigenvalue weighted by molar-refractivity contribution is 6.32. The van der Waals surface area contributed by atoms with Gasteiger partial charge in [0.1, 0.15) is 5.75 Å². The van der Waals surface area contributed by atoms with Gasteiger partial charge in [0, 0.05) is 24.5 Å². The first-order valence-electron chi connectivity index (χ1n) is 11.0. The van der Waals surface area contributed by atoms with Gasteiger partial charge in [0.05, 0.1) is 17.1 Å². The van der Waals surface area contributed by atoms with Gasteiger partial charge in [-0.25, -0.2) is 23.9 Å². The highest BCUT2D eigenvalue weighted by Crippen LogP contribution is 2.31. The number of hydrogen-bond acceptors (Lipinski definition) is 7. The third-order valence-corrected chi connectivity index (χ3v) is 5.61. The highest BCUT2D eigenvalue weighted by Gasteiger charge is 2.14. The largest absolute Gasteiger partial charge is 0.478 e. The van der Waals surface area contributed by atoms with Crippen LogP contribution in [0.5, 0.6) is 11.6 Å². The smallest absolute Gasteiger partial charge is 0.354 e. The van der Waals surface area contributed by atoms with Crippen LogP contribution in [0.4, 0.5) is 11.6 Å². The maximum Gasteiger partial charge on any atom is 0.354 e. The number of carboxylic acid groups (broad SMARTS) is 1. The Labute approximate surface area is 210 Å². The number of pyridine rings is 1. The molecule has 0 unspecified atom stereocenters. The van der Waals surface area contributed by atoms with Crippen LogP contribution in [0.25, 0.3) is 0 Å². The van der Waals surface area contributed by atoms with Crippen LogP contribution in [0, 0.1) is 6.92 Å². The van der Waals surface area contributed by atoms with E-state index in [0.717, 1.165) is 15.7 Å². The van der Waals surface area contributed by atoms with Crippen molar-refractivity contribution < 1.29 is 14.6 Å². The van der Waals surface area contributed by atoms with E-state index in [1.54, 1.807) is 25.1 Å². The predicted molar refractivity (Wildman–Crippen MR) is 135 cm³/mol. The molecule has 0 aliphatic carbocycles. The first-order valence-corrected chi connectivity index (χ1v) is 11.3. The molecule has 2 heterocycles. The molecule has 184 valence electrons. The van der Waals surface area contributed by atoms with E-state index in [4.69, 9.17) is 21.4 Å². The number of anilines is 2. The molecule has 0 aliphatic heterocycles. The Kier molecular flexibility index (Phi) is 7.16. The molecule has 36 heavy (non-hydrogen) atoms. The fourth-order valence-electron chi connectivity index (χ4n) is 3.38. The number of hydrogen-bond donors (Lipinski definition) is 2. The molecule has 2 aromatic carbocycles. The van der Waals surface area contributed by atoms with E-state index < -0.39 is 17.3 Å². The minimum Gasteiger partial charge on any atom is -0.478 e. The zero-order chi connectivity index (χ0) is 25.8. The maximum absolute atomic E-state index is 13.0. The minimum absolute atomic E-state index is 0.0298. The molecule has 0 bridgehead atoms. The Morgan fingerprint density at radius 1 is 1.08 bits per heavy atom. The second kappa shape index (κ2) is 10.4. The molecule has 0 saturated heterocycles. The van der Waals surface area contributed by atoms with Gasteiger partial charge in [0.15, 0.2) is 0 Å². The van der Waals surface area contributed by atoms with Crippen LogP contribution >= 0.6 is 11.6 Å². The van der Waals surface area contributed by atoms with E-state index in [1.165, 1.54) is 22.9 Å². The van der Waals surface area contributed by atoms with Gasteiger partial charge in [-0.3, -0.25) is 4.57 Å². The minimum atomic E-state index is -1.09. The lowest BCUT2D eigenvalue weighted by molar-refractivity contribution is 0.0696. The van der Waals surface area contributed by atoms with Crippen LogP contribution in [0.1, 0.15) is 28.4 Å². The van der Waals surface area contributed by atoms with Crippen LogP contribution in [-0.4, -0.2) is 30.2 Å². The monoisotopic (exact) mass is 507 g/mol. The number of nitrogens with one attached hydrogen (secondary N) is 1. The van der Waals surface area contributed by atoms with Crippen LogP contribution in [0.2, 0.25) is 5.02 Å². The first kappa shape index (κ1) is 24.7. The number of nitrogens with zero attached hydrogens (tertiary/aromatic N) is 4. The van der Waals surface area contributed by atoms with Gasteiger partial charge in [-0.1, -0.05) is 41.4 Å². The van der Waals surface area contributed by atoms with Crippen molar-refractivity contribution in [2.45, 2.75) is 26.9 Å². The fourth-order valence-corrected chi connectivity index (χ4v) is 3.60. The lowest BCUT2D eigenvalue weighted by Crippen LogP contribution is -2.42. The van der Waals surface area contributed by atoms with Crippen molar-refractivity contribution in [3.05, 3.63) is 103 Å². The molecule has 0 atom stereocenters. The number of halogens is 1. The van der Waals surface area contributed by atoms with Crippen LogP contribution in [0.15, 0.2) is 70.4 Å². The molecule has 4 rings (SSSR count). The zero-order valence-electron chi connectivity index (χ0n) is 19.4. The lowest BCUT2D eigenvalue weighted by atomic mass is 10.1. The van der Waals surface area contributed by atoms with Gasteiger partial charge in [0.25, 0.3) is 0 Å². The van der Waals surface area contributed by atoms with Gasteiger partial charge in [-0.05, 0) is 43.7 Å². The Balaban J connectivity index is 1.62. The number of ether oxygens (including phenoxy) is 1. The summed E-state index contributed by atoms with van der Waals surface area (Å²) in [6.45, 7) is 4.08. The lowest BCUT2D eigenvalue weighted by Gasteiger charge is -2.16. The SMILES string of the molecule is CCn1c(=O)nc(Nc2ccc(Oc3ccc(C(=O)O)cn3)c(Cl)c2)n(Cc2ccc(C)cc2)c1=O. The molecule has 0 amide bonds. The van der Waals surface area contributed by atoms with Crippen molar-refractivity contribution in [2.75, 3.05) is 5.32 Å². The molecule has 2 N–H and O–H groups in total. The Morgan fingerprint density at radius 3 is 2.44 bits per heavy atom. The summed E-state index contributed by atoms with van der Waals surface area (Å²) < 4.78 is 8.09. The third-order valence-electron chi connectivity index (χ3n) is 5.31. The van der Waals surface area contributed by atoms with Crippen molar-refractivity contribution in [2.24, 2.45) is 0 Å².